The van der Waals surface area contributed by atoms with Gasteiger partial charge in [0.05, 0.1) is 0 Å². The third-order valence-corrected chi connectivity index (χ3v) is 3.22. The summed E-state index contributed by atoms with van der Waals surface area (Å²) in [6, 6.07) is 12.2. The van der Waals surface area contributed by atoms with Crippen molar-refractivity contribution >= 4 is 0 Å². The summed E-state index contributed by atoms with van der Waals surface area (Å²) in [7, 11) is 0. The fraction of sp³-hybridized carbons (Fsp3) is 0.250. The van der Waals surface area contributed by atoms with E-state index in [1.54, 1.807) is 0 Å². The van der Waals surface area contributed by atoms with Gasteiger partial charge in [-0.1, -0.05) is 24.3 Å². The summed E-state index contributed by atoms with van der Waals surface area (Å²) in [5, 5.41) is 0. The molecule has 0 aromatic heterocycles. The third kappa shape index (κ3) is 2.54. The molecule has 0 fully saturated rings. The molecule has 0 spiro atoms. The summed E-state index contributed by atoms with van der Waals surface area (Å²) in [6.07, 6.45) is 0. The van der Waals surface area contributed by atoms with Gasteiger partial charge in [0.2, 0.25) is 0 Å². The fourth-order valence-electron chi connectivity index (χ4n) is 1.88. The average molecular weight is 241 g/mol. The first-order chi connectivity index (χ1) is 8.61. The molecule has 0 aliphatic rings. The zero-order chi connectivity index (χ0) is 13.1. The van der Waals surface area contributed by atoms with Gasteiger partial charge in [-0.2, -0.15) is 0 Å². The van der Waals surface area contributed by atoms with E-state index in [2.05, 4.69) is 32.9 Å². The molecule has 2 N–H and O–H groups in total. The maximum Gasteiger partial charge on any atom is 0.132 e. The highest BCUT2D eigenvalue weighted by molar-refractivity contribution is 5.44. The predicted molar refractivity (Wildman–Crippen MR) is 75.1 cm³/mol. The molecule has 0 unspecified atom stereocenters. The predicted octanol–water partition coefficient (Wildman–Crippen LogP) is 3.86. The molecule has 2 aromatic rings. The topological polar surface area (TPSA) is 35.2 Å². The minimum Gasteiger partial charge on any atom is -0.457 e. The van der Waals surface area contributed by atoms with Crippen LogP contribution in [0.3, 0.4) is 0 Å². The molecule has 2 aromatic carbocycles. The van der Waals surface area contributed by atoms with E-state index < -0.39 is 0 Å². The molecule has 94 valence electrons. The van der Waals surface area contributed by atoms with Crippen LogP contribution < -0.4 is 10.5 Å². The summed E-state index contributed by atoms with van der Waals surface area (Å²) in [5.74, 6) is 1.75. The van der Waals surface area contributed by atoms with Crippen molar-refractivity contribution in [3.63, 3.8) is 0 Å². The van der Waals surface area contributed by atoms with Gasteiger partial charge in [-0.05, 0) is 49.6 Å². The van der Waals surface area contributed by atoms with E-state index in [-0.39, 0.29) is 0 Å². The Morgan fingerprint density at radius 3 is 2.50 bits per heavy atom. The van der Waals surface area contributed by atoms with Crippen LogP contribution in [0.4, 0.5) is 0 Å². The van der Waals surface area contributed by atoms with Crippen molar-refractivity contribution in [3.05, 3.63) is 58.7 Å². The van der Waals surface area contributed by atoms with Gasteiger partial charge in [-0.15, -0.1) is 0 Å². The quantitative estimate of drug-likeness (QED) is 0.885. The van der Waals surface area contributed by atoms with Crippen LogP contribution in [0.15, 0.2) is 36.4 Å². The van der Waals surface area contributed by atoms with E-state index in [0.717, 1.165) is 17.1 Å². The summed E-state index contributed by atoms with van der Waals surface area (Å²) in [4.78, 5) is 0. The lowest BCUT2D eigenvalue weighted by Crippen LogP contribution is -2.00. The smallest absolute Gasteiger partial charge is 0.132 e. The summed E-state index contributed by atoms with van der Waals surface area (Å²) < 4.78 is 6.01. The van der Waals surface area contributed by atoms with Crippen molar-refractivity contribution < 1.29 is 4.74 Å². The maximum absolute atomic E-state index is 6.01. The lowest BCUT2D eigenvalue weighted by Gasteiger charge is -2.14. The number of ether oxygens (including phenoxy) is 1. The Kier molecular flexibility index (Phi) is 3.68. The van der Waals surface area contributed by atoms with Crippen molar-refractivity contribution in [3.8, 4) is 11.5 Å². The third-order valence-electron chi connectivity index (χ3n) is 3.22. The van der Waals surface area contributed by atoms with Gasteiger partial charge in [0.1, 0.15) is 11.5 Å². The maximum atomic E-state index is 6.01. The van der Waals surface area contributed by atoms with Crippen LogP contribution in [-0.2, 0) is 6.54 Å². The van der Waals surface area contributed by atoms with Crippen LogP contribution in [0.1, 0.15) is 22.3 Å². The Morgan fingerprint density at radius 1 is 1.00 bits per heavy atom. The van der Waals surface area contributed by atoms with Crippen molar-refractivity contribution in [2.24, 2.45) is 5.73 Å². The van der Waals surface area contributed by atoms with Crippen molar-refractivity contribution in [2.75, 3.05) is 0 Å². The molecule has 0 aliphatic heterocycles. The number of hydrogen-bond acceptors (Lipinski definition) is 2. The Labute approximate surface area is 108 Å². The second-order valence-electron chi connectivity index (χ2n) is 4.62. The molecule has 0 amide bonds. The lowest BCUT2D eigenvalue weighted by molar-refractivity contribution is 0.472. The minimum absolute atomic E-state index is 0.487. The Bertz CT molecular complexity index is 561. The SMILES string of the molecule is Cc1ccc(CN)c(Oc2cccc(C)c2C)c1. The normalized spacial score (nSPS) is 10.4. The molecule has 0 heterocycles. The van der Waals surface area contributed by atoms with Crippen molar-refractivity contribution in [1.82, 2.24) is 0 Å². The van der Waals surface area contributed by atoms with E-state index in [9.17, 15) is 0 Å². The molecular formula is C16H19NO. The molecule has 0 saturated heterocycles. The van der Waals surface area contributed by atoms with Gasteiger partial charge in [-0.25, -0.2) is 0 Å². The molecule has 0 saturated carbocycles. The molecule has 0 atom stereocenters. The van der Waals surface area contributed by atoms with Crippen molar-refractivity contribution in [1.29, 1.82) is 0 Å². The first-order valence-corrected chi connectivity index (χ1v) is 6.15. The second kappa shape index (κ2) is 5.23. The second-order valence-corrected chi connectivity index (χ2v) is 4.62. The van der Waals surface area contributed by atoms with E-state index >= 15 is 0 Å². The average Bonchev–Trinajstić information content (AvgIpc) is 2.35. The highest BCUT2D eigenvalue weighted by Gasteiger charge is 2.07. The first kappa shape index (κ1) is 12.7. The Hall–Kier alpha value is -1.80. The molecule has 0 bridgehead atoms. The highest BCUT2D eigenvalue weighted by Crippen LogP contribution is 2.29. The molecule has 2 rings (SSSR count). The number of rotatable bonds is 3. The molecule has 18 heavy (non-hydrogen) atoms. The summed E-state index contributed by atoms with van der Waals surface area (Å²) >= 11 is 0. The van der Waals surface area contributed by atoms with Crippen LogP contribution in [0.2, 0.25) is 0 Å². The standard InChI is InChI=1S/C16H19NO/c1-11-7-8-14(10-17)16(9-11)18-15-6-4-5-12(2)13(15)3/h4-9H,10,17H2,1-3H3. The number of benzene rings is 2. The minimum atomic E-state index is 0.487. The number of nitrogens with two attached hydrogens (primary N) is 1. The van der Waals surface area contributed by atoms with Gasteiger partial charge in [-0.3, -0.25) is 0 Å². The van der Waals surface area contributed by atoms with E-state index in [1.807, 2.05) is 24.3 Å². The highest BCUT2D eigenvalue weighted by atomic mass is 16.5. The van der Waals surface area contributed by atoms with Crippen LogP contribution in [0, 0.1) is 20.8 Å². The van der Waals surface area contributed by atoms with Gasteiger partial charge in [0, 0.05) is 12.1 Å². The summed E-state index contributed by atoms with van der Waals surface area (Å²) in [5.41, 5.74) is 10.3. The van der Waals surface area contributed by atoms with Crippen LogP contribution in [-0.4, -0.2) is 0 Å². The zero-order valence-corrected chi connectivity index (χ0v) is 11.2. The fourth-order valence-corrected chi connectivity index (χ4v) is 1.88. The van der Waals surface area contributed by atoms with Gasteiger partial charge < -0.3 is 10.5 Å². The Morgan fingerprint density at radius 2 is 1.78 bits per heavy atom. The van der Waals surface area contributed by atoms with Gasteiger partial charge >= 0.3 is 0 Å². The molecule has 2 nitrogen and oxygen atoms in total. The molecule has 0 aliphatic carbocycles. The molecular weight excluding hydrogens is 222 g/mol. The number of aryl methyl sites for hydroxylation is 2. The number of hydrogen-bond donors (Lipinski definition) is 1. The summed E-state index contributed by atoms with van der Waals surface area (Å²) in [6.45, 7) is 6.70. The van der Waals surface area contributed by atoms with Crippen LogP contribution in [0.5, 0.6) is 11.5 Å². The van der Waals surface area contributed by atoms with E-state index in [1.165, 1.54) is 16.7 Å². The lowest BCUT2D eigenvalue weighted by atomic mass is 10.1. The zero-order valence-electron chi connectivity index (χ0n) is 11.2. The van der Waals surface area contributed by atoms with Crippen molar-refractivity contribution in [2.45, 2.75) is 27.3 Å². The monoisotopic (exact) mass is 241 g/mol. The van der Waals surface area contributed by atoms with E-state index in [0.29, 0.717) is 6.54 Å². The van der Waals surface area contributed by atoms with Crippen LogP contribution in [0.25, 0.3) is 0 Å². The first-order valence-electron chi connectivity index (χ1n) is 6.15. The Balaban J connectivity index is 2.39. The largest absolute Gasteiger partial charge is 0.457 e. The van der Waals surface area contributed by atoms with E-state index in [4.69, 9.17) is 10.5 Å². The van der Waals surface area contributed by atoms with Gasteiger partial charge in [0.25, 0.3) is 0 Å². The van der Waals surface area contributed by atoms with Gasteiger partial charge in [0.15, 0.2) is 0 Å². The molecule has 2 heteroatoms. The molecule has 0 radical (unpaired) electrons. The van der Waals surface area contributed by atoms with Crippen LogP contribution >= 0.6 is 0 Å².